The molecule has 1 aliphatic rings. The molecular weight excluding hydrogens is 290 g/mol. The number of nitrogens with zero attached hydrogens (tertiary/aromatic N) is 2. The van der Waals surface area contributed by atoms with E-state index in [4.69, 9.17) is 5.11 Å². The van der Waals surface area contributed by atoms with Crippen molar-refractivity contribution in [2.45, 2.75) is 11.3 Å². The number of benzene rings is 1. The van der Waals surface area contributed by atoms with E-state index in [1.165, 1.54) is 7.05 Å². The summed E-state index contributed by atoms with van der Waals surface area (Å²) in [4.78, 5) is 4.64. The number of β-amino-alcohol motifs (C(OH)–C–C–N with tert-alkyl or cyclic N) is 1. The number of aliphatic hydroxyl groups is 1. The second-order valence-electron chi connectivity index (χ2n) is 5.08. The van der Waals surface area contributed by atoms with E-state index in [1.54, 1.807) is 12.1 Å². The standard InChI is InChI=1S/C14H23N3O3S/c1-15-21(19,20)14-6-3-2-5-13(14)17-8-4-7-16(9-10-17)11-12-18/h2-3,5-6,15,18H,4,7-12H2,1H3. The minimum absolute atomic E-state index is 0.157. The highest BCUT2D eigenvalue weighted by atomic mass is 32.2. The average Bonchev–Trinajstić information content (AvgIpc) is 2.73. The molecule has 0 atom stereocenters. The molecule has 0 saturated carbocycles. The molecule has 1 fully saturated rings. The van der Waals surface area contributed by atoms with E-state index in [-0.39, 0.29) is 6.61 Å². The third-order valence-corrected chi connectivity index (χ3v) is 5.23. The van der Waals surface area contributed by atoms with Gasteiger partial charge in [-0.25, -0.2) is 13.1 Å². The summed E-state index contributed by atoms with van der Waals surface area (Å²) in [5.41, 5.74) is 0.748. The van der Waals surface area contributed by atoms with Crippen molar-refractivity contribution in [3.63, 3.8) is 0 Å². The predicted octanol–water partition coefficient (Wildman–Crippen LogP) is 0.0991. The van der Waals surface area contributed by atoms with Gasteiger partial charge in [0, 0.05) is 26.2 Å². The molecule has 1 aliphatic heterocycles. The molecule has 7 heteroatoms. The van der Waals surface area contributed by atoms with E-state index in [2.05, 4.69) is 14.5 Å². The van der Waals surface area contributed by atoms with E-state index in [1.807, 2.05) is 12.1 Å². The van der Waals surface area contributed by atoms with Crippen LogP contribution in [-0.4, -0.2) is 64.8 Å². The molecule has 1 aromatic carbocycles. The summed E-state index contributed by atoms with van der Waals surface area (Å²) in [7, 11) is -2.03. The van der Waals surface area contributed by atoms with Gasteiger partial charge in [-0.2, -0.15) is 0 Å². The summed E-state index contributed by atoms with van der Waals surface area (Å²) in [5.74, 6) is 0. The maximum atomic E-state index is 12.1. The molecule has 1 heterocycles. The lowest BCUT2D eigenvalue weighted by molar-refractivity contribution is 0.204. The van der Waals surface area contributed by atoms with Crippen LogP contribution in [0, 0.1) is 0 Å². The van der Waals surface area contributed by atoms with Gasteiger partial charge in [0.15, 0.2) is 0 Å². The monoisotopic (exact) mass is 313 g/mol. The second-order valence-corrected chi connectivity index (χ2v) is 6.94. The van der Waals surface area contributed by atoms with Gasteiger partial charge in [-0.15, -0.1) is 0 Å². The molecule has 0 bridgehead atoms. The van der Waals surface area contributed by atoms with Crippen molar-refractivity contribution >= 4 is 15.7 Å². The smallest absolute Gasteiger partial charge is 0.242 e. The summed E-state index contributed by atoms with van der Waals surface area (Å²) >= 11 is 0. The molecule has 0 aromatic heterocycles. The fourth-order valence-electron chi connectivity index (χ4n) is 2.63. The van der Waals surface area contributed by atoms with Crippen LogP contribution in [0.3, 0.4) is 0 Å². The first-order valence-electron chi connectivity index (χ1n) is 7.19. The first-order valence-corrected chi connectivity index (χ1v) is 8.67. The Labute approximate surface area is 126 Å². The first-order chi connectivity index (χ1) is 10.1. The van der Waals surface area contributed by atoms with E-state index >= 15 is 0 Å². The molecule has 0 amide bonds. The van der Waals surface area contributed by atoms with E-state index < -0.39 is 10.0 Å². The summed E-state index contributed by atoms with van der Waals surface area (Å²) < 4.78 is 26.7. The highest BCUT2D eigenvalue weighted by molar-refractivity contribution is 7.89. The van der Waals surface area contributed by atoms with Gasteiger partial charge in [0.1, 0.15) is 4.90 Å². The zero-order valence-electron chi connectivity index (χ0n) is 12.3. The van der Waals surface area contributed by atoms with Crippen LogP contribution < -0.4 is 9.62 Å². The lowest BCUT2D eigenvalue weighted by Crippen LogP contribution is -2.33. The van der Waals surface area contributed by atoms with Crippen LogP contribution in [0.4, 0.5) is 5.69 Å². The van der Waals surface area contributed by atoms with Crippen molar-refractivity contribution in [1.29, 1.82) is 0 Å². The van der Waals surface area contributed by atoms with Crippen LogP contribution in [0.2, 0.25) is 0 Å². The molecule has 1 saturated heterocycles. The minimum atomic E-state index is -3.46. The van der Waals surface area contributed by atoms with Crippen LogP contribution in [0.1, 0.15) is 6.42 Å². The fourth-order valence-corrected chi connectivity index (χ4v) is 3.58. The van der Waals surface area contributed by atoms with Crippen molar-refractivity contribution in [3.8, 4) is 0 Å². The van der Waals surface area contributed by atoms with Gasteiger partial charge >= 0.3 is 0 Å². The number of aliphatic hydroxyl groups excluding tert-OH is 1. The normalized spacial score (nSPS) is 17.7. The molecular formula is C14H23N3O3S. The van der Waals surface area contributed by atoms with Crippen molar-refractivity contribution in [1.82, 2.24) is 9.62 Å². The third-order valence-electron chi connectivity index (χ3n) is 3.77. The highest BCUT2D eigenvalue weighted by Gasteiger charge is 2.22. The van der Waals surface area contributed by atoms with Crippen molar-refractivity contribution in [2.24, 2.45) is 0 Å². The summed E-state index contributed by atoms with van der Waals surface area (Å²) in [5, 5.41) is 9.03. The molecule has 2 rings (SSSR count). The van der Waals surface area contributed by atoms with Crippen molar-refractivity contribution < 1.29 is 13.5 Å². The van der Waals surface area contributed by atoms with Crippen LogP contribution in [-0.2, 0) is 10.0 Å². The Morgan fingerprint density at radius 3 is 2.67 bits per heavy atom. The number of hydrogen-bond acceptors (Lipinski definition) is 5. The minimum Gasteiger partial charge on any atom is -0.395 e. The molecule has 6 nitrogen and oxygen atoms in total. The quantitative estimate of drug-likeness (QED) is 0.806. The van der Waals surface area contributed by atoms with Gasteiger partial charge in [-0.05, 0) is 32.1 Å². The Hall–Kier alpha value is -1.15. The largest absolute Gasteiger partial charge is 0.395 e. The Kier molecular flexibility index (Phi) is 5.58. The van der Waals surface area contributed by atoms with E-state index in [0.29, 0.717) is 11.4 Å². The lowest BCUT2D eigenvalue weighted by atomic mass is 10.2. The number of rotatable bonds is 5. The Balaban J connectivity index is 2.23. The number of nitrogens with one attached hydrogen (secondary N) is 1. The zero-order chi connectivity index (χ0) is 15.3. The van der Waals surface area contributed by atoms with Gasteiger partial charge in [-0.1, -0.05) is 12.1 Å². The molecule has 0 spiro atoms. The Morgan fingerprint density at radius 1 is 1.19 bits per heavy atom. The molecule has 21 heavy (non-hydrogen) atoms. The van der Waals surface area contributed by atoms with Gasteiger partial charge < -0.3 is 10.0 Å². The summed E-state index contributed by atoms with van der Waals surface area (Å²) in [6.45, 7) is 4.16. The van der Waals surface area contributed by atoms with Crippen LogP contribution in [0.25, 0.3) is 0 Å². The third kappa shape index (κ3) is 3.94. The number of para-hydroxylation sites is 1. The van der Waals surface area contributed by atoms with E-state index in [9.17, 15) is 8.42 Å². The SMILES string of the molecule is CNS(=O)(=O)c1ccccc1N1CCCN(CCO)CC1. The van der Waals surface area contributed by atoms with Crippen LogP contribution in [0.5, 0.6) is 0 Å². The molecule has 0 radical (unpaired) electrons. The Morgan fingerprint density at radius 2 is 1.95 bits per heavy atom. The topological polar surface area (TPSA) is 72.9 Å². The zero-order valence-corrected chi connectivity index (χ0v) is 13.1. The summed E-state index contributed by atoms with van der Waals surface area (Å²) in [6, 6.07) is 7.09. The molecule has 118 valence electrons. The van der Waals surface area contributed by atoms with Crippen LogP contribution >= 0.6 is 0 Å². The second kappa shape index (κ2) is 7.22. The molecule has 1 aromatic rings. The van der Waals surface area contributed by atoms with Gasteiger partial charge in [0.05, 0.1) is 12.3 Å². The first kappa shape index (κ1) is 16.2. The predicted molar refractivity (Wildman–Crippen MR) is 83.0 cm³/mol. The van der Waals surface area contributed by atoms with Crippen molar-refractivity contribution in [2.75, 3.05) is 51.3 Å². The highest BCUT2D eigenvalue weighted by Crippen LogP contribution is 2.25. The summed E-state index contributed by atoms with van der Waals surface area (Å²) in [6.07, 6.45) is 0.952. The van der Waals surface area contributed by atoms with E-state index in [0.717, 1.165) is 38.3 Å². The Bertz CT molecular complexity index is 562. The maximum absolute atomic E-state index is 12.1. The van der Waals surface area contributed by atoms with Gasteiger partial charge in [0.2, 0.25) is 10.0 Å². The lowest BCUT2D eigenvalue weighted by Gasteiger charge is -2.25. The average molecular weight is 313 g/mol. The molecule has 2 N–H and O–H groups in total. The number of anilines is 1. The number of hydrogen-bond donors (Lipinski definition) is 2. The maximum Gasteiger partial charge on any atom is 0.242 e. The molecule has 0 unspecified atom stereocenters. The number of sulfonamides is 1. The van der Waals surface area contributed by atoms with Gasteiger partial charge in [0.25, 0.3) is 0 Å². The fraction of sp³-hybridized carbons (Fsp3) is 0.571. The van der Waals surface area contributed by atoms with Crippen LogP contribution in [0.15, 0.2) is 29.2 Å². The molecule has 0 aliphatic carbocycles. The van der Waals surface area contributed by atoms with Crippen molar-refractivity contribution in [3.05, 3.63) is 24.3 Å². The van der Waals surface area contributed by atoms with Gasteiger partial charge in [-0.3, -0.25) is 4.90 Å².